The highest BCUT2D eigenvalue weighted by molar-refractivity contribution is 6.10. The third-order valence-corrected chi connectivity index (χ3v) is 11.0. The summed E-state index contributed by atoms with van der Waals surface area (Å²) in [6.45, 7) is 0.131. The molecule has 0 fully saturated rings. The van der Waals surface area contributed by atoms with E-state index in [2.05, 4.69) is 62.5 Å². The molecule has 0 aliphatic heterocycles. The molecule has 7 aromatic rings. The molecule has 14 N–H and O–H groups in total. The van der Waals surface area contributed by atoms with E-state index in [1.165, 1.54) is 92.2 Å². The summed E-state index contributed by atoms with van der Waals surface area (Å²) >= 11 is 0. The molecule has 0 bridgehead atoms. The van der Waals surface area contributed by atoms with Crippen LogP contribution in [0.1, 0.15) is 92.9 Å². The van der Waals surface area contributed by atoms with E-state index in [0.717, 1.165) is 0 Å². The number of amidine groups is 2. The number of nitrogens with two attached hydrogens (primary N) is 2. The average molecular weight is 1040 g/mol. The van der Waals surface area contributed by atoms with Crippen LogP contribution in [0.25, 0.3) is 0 Å². The zero-order chi connectivity index (χ0) is 55.1. The zero-order valence-corrected chi connectivity index (χ0v) is 41.6. The predicted octanol–water partition coefficient (Wildman–Crippen LogP) is 1.52. The predicted molar refractivity (Wildman–Crippen MR) is 276 cm³/mol. The van der Waals surface area contributed by atoms with Crippen molar-refractivity contribution in [3.8, 4) is 0 Å². The smallest absolute Gasteiger partial charge is 0.292 e. The van der Waals surface area contributed by atoms with Crippen molar-refractivity contribution in [2.45, 2.75) is 19.3 Å². The summed E-state index contributed by atoms with van der Waals surface area (Å²) in [7, 11) is 9.53. The Morgan fingerprint density at radius 1 is 0.474 bits per heavy atom. The maximum atomic E-state index is 13.4. The summed E-state index contributed by atoms with van der Waals surface area (Å²) in [6, 6.07) is 7.18. The van der Waals surface area contributed by atoms with Gasteiger partial charge in [0.05, 0.1) is 34.3 Å². The van der Waals surface area contributed by atoms with Gasteiger partial charge in [0.1, 0.15) is 22.9 Å². The molecule has 0 saturated heterocycles. The maximum Gasteiger partial charge on any atom is 0.292 e. The first-order chi connectivity index (χ1) is 36.0. The molecule has 7 heterocycles. The number of carbonyl (C=O) groups is 8. The van der Waals surface area contributed by atoms with E-state index in [0.29, 0.717) is 17.2 Å². The Kier molecular flexibility index (Phi) is 15.7. The Hall–Kier alpha value is -10.7. The van der Waals surface area contributed by atoms with Crippen LogP contribution in [0, 0.1) is 10.8 Å². The number of hydrogen-bond donors (Lipinski definition) is 12. The molecule has 0 unspecified atom stereocenters. The Labute approximate surface area is 430 Å². The van der Waals surface area contributed by atoms with Gasteiger partial charge in [-0.05, 0) is 24.3 Å². The van der Waals surface area contributed by atoms with Gasteiger partial charge in [0.2, 0.25) is 23.4 Å². The minimum Gasteiger partial charge on any atom is -0.388 e. The molecule has 0 aliphatic rings. The van der Waals surface area contributed by atoms with Gasteiger partial charge >= 0.3 is 0 Å². The SMILES string of the molecule is Cn1cc(NC(=O)c2cc(NC(=O)c3cc(NC(=O)c4ccc(C(=O)Nc5cn(C)c(C(=O)Nc6cn(C)c(C(=O)Nc7cn(C)c(C(=O)NCCC(=N)N)n7)n6)n5)cn4)cn3C)cn2C)cc1NC(=O)CCC(=N)N. The quantitative estimate of drug-likeness (QED) is 0.0381. The molecular weight excluding hydrogens is 989 g/mol. The van der Waals surface area contributed by atoms with E-state index in [1.807, 2.05) is 0 Å². The molecule has 394 valence electrons. The van der Waals surface area contributed by atoms with E-state index in [1.54, 1.807) is 51.2 Å². The molecule has 0 spiro atoms. The van der Waals surface area contributed by atoms with Gasteiger partial charge in [0, 0.05) is 118 Å². The largest absolute Gasteiger partial charge is 0.388 e. The molecule has 7 aromatic heterocycles. The molecule has 0 aromatic carbocycles. The van der Waals surface area contributed by atoms with Crippen LogP contribution in [0.15, 0.2) is 73.7 Å². The second-order valence-electron chi connectivity index (χ2n) is 17.1. The fraction of sp³-hybridized carbons (Fsp3) is 0.217. The van der Waals surface area contributed by atoms with Gasteiger partial charge in [0.25, 0.3) is 41.4 Å². The highest BCUT2D eigenvalue weighted by atomic mass is 16.2. The first kappa shape index (κ1) is 53.1. The number of anilines is 7. The number of nitrogens with one attached hydrogen (secondary N) is 10. The number of aromatic nitrogens is 10. The lowest BCUT2D eigenvalue weighted by Crippen LogP contribution is -2.29. The van der Waals surface area contributed by atoms with Crippen molar-refractivity contribution in [1.82, 2.24) is 52.7 Å². The van der Waals surface area contributed by atoms with Crippen LogP contribution in [-0.4, -0.2) is 113 Å². The van der Waals surface area contributed by atoms with Gasteiger partial charge in [-0.2, -0.15) is 0 Å². The van der Waals surface area contributed by atoms with E-state index in [-0.39, 0.29) is 107 Å². The Morgan fingerprint density at radius 3 is 1.39 bits per heavy atom. The highest BCUT2D eigenvalue weighted by Crippen LogP contribution is 2.22. The lowest BCUT2D eigenvalue weighted by molar-refractivity contribution is -0.116. The standard InChI is InChI=1S/C46H52N22O8/c1-63-17-24(13-28(63)42(72)54-25-14-29(64(2)18-25)43(73)55-26-15-35(65(3)19-26)62-36(69)10-9-30(47)48)53-41(71)27-8-7-23(16-52-27)40(70)59-32-20-67(5)38(57-32)45(75)61-34-22-68(6)39(58-34)46(76)60-33-21-66(4)37(56-33)44(74)51-12-11-31(49)50/h7-8,13-22H,9-12H2,1-6H3,(H3,47,48)(H3,49,50)(H,51,74)(H,53,71)(H,54,72)(H,55,73)(H,59,70)(H,60,76)(H,61,75)(H,62,69). The van der Waals surface area contributed by atoms with Crippen LogP contribution >= 0.6 is 0 Å². The Morgan fingerprint density at radius 2 is 0.921 bits per heavy atom. The molecule has 0 atom stereocenters. The maximum absolute atomic E-state index is 13.4. The summed E-state index contributed by atoms with van der Waals surface area (Å²) in [4.78, 5) is 121. The third-order valence-electron chi connectivity index (χ3n) is 11.0. The number of carbonyl (C=O) groups excluding carboxylic acids is 8. The topological polar surface area (TPSA) is 414 Å². The van der Waals surface area contributed by atoms with Gasteiger partial charge in [-0.25, -0.2) is 15.0 Å². The number of nitrogens with zero attached hydrogens (tertiary/aromatic N) is 10. The number of aryl methyl sites for hydroxylation is 6. The van der Waals surface area contributed by atoms with Crippen LogP contribution in [0.5, 0.6) is 0 Å². The molecule has 0 saturated carbocycles. The van der Waals surface area contributed by atoms with Crippen molar-refractivity contribution in [1.29, 1.82) is 10.8 Å². The highest BCUT2D eigenvalue weighted by Gasteiger charge is 2.23. The normalized spacial score (nSPS) is 10.8. The number of pyridine rings is 1. The molecular formula is C46H52N22O8. The van der Waals surface area contributed by atoms with Crippen LogP contribution < -0.4 is 54.0 Å². The van der Waals surface area contributed by atoms with Crippen molar-refractivity contribution in [3.05, 3.63) is 114 Å². The number of imidazole rings is 3. The van der Waals surface area contributed by atoms with E-state index >= 15 is 0 Å². The van der Waals surface area contributed by atoms with Crippen LogP contribution in [-0.2, 0) is 47.1 Å². The molecule has 76 heavy (non-hydrogen) atoms. The minimum absolute atomic E-state index is 0.00253. The number of rotatable bonds is 20. The first-order valence-corrected chi connectivity index (χ1v) is 22.7. The van der Waals surface area contributed by atoms with Crippen molar-refractivity contribution in [3.63, 3.8) is 0 Å². The fourth-order valence-electron chi connectivity index (χ4n) is 7.31. The molecule has 8 amide bonds. The van der Waals surface area contributed by atoms with Crippen LogP contribution in [0.3, 0.4) is 0 Å². The molecule has 30 heteroatoms. The summed E-state index contributed by atoms with van der Waals surface area (Å²) in [5.41, 5.74) is 12.0. The van der Waals surface area contributed by atoms with Crippen LogP contribution in [0.2, 0.25) is 0 Å². The molecule has 7 rings (SSSR count). The summed E-state index contributed by atoms with van der Waals surface area (Å²) in [5.74, 6) is -4.53. The van der Waals surface area contributed by atoms with Crippen molar-refractivity contribution < 1.29 is 38.4 Å². The third kappa shape index (κ3) is 12.9. The zero-order valence-electron chi connectivity index (χ0n) is 41.6. The van der Waals surface area contributed by atoms with Crippen LogP contribution in [0.4, 0.5) is 40.3 Å². The average Bonchev–Trinajstić information content (AvgIpc) is 4.22. The van der Waals surface area contributed by atoms with Gasteiger partial charge in [0.15, 0.2) is 17.5 Å². The lowest BCUT2D eigenvalue weighted by Gasteiger charge is -2.05. The van der Waals surface area contributed by atoms with E-state index < -0.39 is 41.4 Å². The van der Waals surface area contributed by atoms with E-state index in [4.69, 9.17) is 22.3 Å². The Bertz CT molecular complexity index is 3470. The molecule has 0 radical (unpaired) electrons. The second kappa shape index (κ2) is 22.4. The Balaban J connectivity index is 0.889. The van der Waals surface area contributed by atoms with Gasteiger partial charge in [-0.15, -0.1) is 0 Å². The fourth-order valence-corrected chi connectivity index (χ4v) is 7.31. The summed E-state index contributed by atoms with van der Waals surface area (Å²) < 4.78 is 8.75. The molecule has 0 aliphatic carbocycles. The van der Waals surface area contributed by atoms with Gasteiger partial charge in [-0.1, -0.05) is 0 Å². The number of hydrogen-bond acceptors (Lipinski definition) is 14. The van der Waals surface area contributed by atoms with Gasteiger partial charge < -0.3 is 81.4 Å². The van der Waals surface area contributed by atoms with Crippen molar-refractivity contribution in [2.75, 3.05) is 43.8 Å². The molecule has 30 nitrogen and oxygen atoms in total. The first-order valence-electron chi connectivity index (χ1n) is 22.7. The summed E-state index contributed by atoms with van der Waals surface area (Å²) in [6.07, 6.45) is 10.4. The monoisotopic (exact) mass is 1040 g/mol. The minimum atomic E-state index is -0.720. The van der Waals surface area contributed by atoms with Gasteiger partial charge in [-0.3, -0.25) is 54.2 Å². The summed E-state index contributed by atoms with van der Waals surface area (Å²) in [5, 5.41) is 35.8. The van der Waals surface area contributed by atoms with E-state index in [9.17, 15) is 38.4 Å². The van der Waals surface area contributed by atoms with Crippen molar-refractivity contribution in [2.24, 2.45) is 53.8 Å². The van der Waals surface area contributed by atoms with Crippen molar-refractivity contribution >= 4 is 99.3 Å². The lowest BCUT2D eigenvalue weighted by atomic mass is 10.2. The second-order valence-corrected chi connectivity index (χ2v) is 17.1. The number of amides is 8.